The summed E-state index contributed by atoms with van der Waals surface area (Å²) in [6, 6.07) is 0. The molecule has 0 bridgehead atoms. The Kier molecular flexibility index (Phi) is 46.8. The van der Waals surface area contributed by atoms with Gasteiger partial charge in [0.05, 0.1) is 0 Å². The molecule has 0 heterocycles. The second-order valence-electron chi connectivity index (χ2n) is 17.5. The zero-order chi connectivity index (χ0) is 43.0. The summed E-state index contributed by atoms with van der Waals surface area (Å²) >= 11 is 0. The second kappa shape index (κ2) is 48.6. The highest BCUT2D eigenvalue weighted by Crippen LogP contribution is 2.16. The van der Waals surface area contributed by atoms with E-state index in [-0.39, 0.29) is 31.1 Å². The first-order chi connectivity index (χ1) is 29.0. The van der Waals surface area contributed by atoms with E-state index in [1.54, 1.807) is 0 Å². The number of carbonyl (C=O) groups excluding carboxylic acids is 3. The zero-order valence-electron chi connectivity index (χ0n) is 39.5. The summed E-state index contributed by atoms with van der Waals surface area (Å²) in [6.45, 7) is 6.63. The Balaban J connectivity index is 4.31. The van der Waals surface area contributed by atoms with E-state index in [0.717, 1.165) is 77.0 Å². The maximum Gasteiger partial charge on any atom is 0.306 e. The van der Waals surface area contributed by atoms with Crippen molar-refractivity contribution >= 4 is 17.9 Å². The fourth-order valence-corrected chi connectivity index (χ4v) is 7.55. The van der Waals surface area contributed by atoms with Gasteiger partial charge in [0, 0.05) is 19.3 Å². The SMILES string of the molecule is CCCCCCCCC/C=C\C=C/CCCCCCCC(=O)OCC(COC(=O)CCCCCCCCCCC)OC(=O)CCCCCCCCCCCCCCCC. The van der Waals surface area contributed by atoms with Crippen molar-refractivity contribution in [3.63, 3.8) is 0 Å². The molecule has 59 heavy (non-hydrogen) atoms. The van der Waals surface area contributed by atoms with Crippen LogP contribution in [0.4, 0.5) is 0 Å². The standard InChI is InChI=1S/C53H98O6/c1-4-7-10-13-16-19-21-23-25-26-27-28-30-31-34-37-40-43-46-52(55)58-49-50(48-57-51(54)45-42-39-36-33-18-15-12-9-6-3)59-53(56)47-44-41-38-35-32-29-24-22-20-17-14-11-8-5-2/h25-28,50H,4-24,29-49H2,1-3H3/b26-25-,28-27-. The molecule has 0 radical (unpaired) electrons. The molecule has 0 aromatic heterocycles. The molecule has 0 aromatic rings. The monoisotopic (exact) mass is 831 g/mol. The third-order valence-electron chi connectivity index (χ3n) is 11.5. The van der Waals surface area contributed by atoms with Gasteiger partial charge in [0.1, 0.15) is 13.2 Å². The number of unbranched alkanes of at least 4 members (excludes halogenated alkanes) is 33. The van der Waals surface area contributed by atoms with Gasteiger partial charge in [-0.3, -0.25) is 14.4 Å². The van der Waals surface area contributed by atoms with Crippen LogP contribution in [0.1, 0.15) is 278 Å². The van der Waals surface area contributed by atoms with Crippen LogP contribution in [0.2, 0.25) is 0 Å². The summed E-state index contributed by atoms with van der Waals surface area (Å²) < 4.78 is 16.8. The molecule has 0 fully saturated rings. The van der Waals surface area contributed by atoms with Crippen LogP contribution in [-0.2, 0) is 28.6 Å². The molecule has 6 nitrogen and oxygen atoms in total. The highest BCUT2D eigenvalue weighted by molar-refractivity contribution is 5.71. The van der Waals surface area contributed by atoms with Gasteiger partial charge in [0.2, 0.25) is 0 Å². The average molecular weight is 831 g/mol. The minimum Gasteiger partial charge on any atom is -0.462 e. The van der Waals surface area contributed by atoms with E-state index in [2.05, 4.69) is 45.1 Å². The van der Waals surface area contributed by atoms with Gasteiger partial charge in [-0.05, 0) is 44.9 Å². The van der Waals surface area contributed by atoms with E-state index in [1.165, 1.54) is 161 Å². The molecule has 0 aromatic carbocycles. The molecule has 6 heteroatoms. The zero-order valence-corrected chi connectivity index (χ0v) is 39.5. The summed E-state index contributed by atoms with van der Waals surface area (Å²) in [5, 5.41) is 0. The molecule has 1 unspecified atom stereocenters. The molecule has 346 valence electrons. The van der Waals surface area contributed by atoms with Gasteiger partial charge in [0.15, 0.2) is 6.10 Å². The maximum atomic E-state index is 12.8. The van der Waals surface area contributed by atoms with Gasteiger partial charge in [-0.15, -0.1) is 0 Å². The number of hydrogen-bond donors (Lipinski definition) is 0. The molecule has 0 aliphatic carbocycles. The number of ether oxygens (including phenoxy) is 3. The molecule has 0 aliphatic heterocycles. The highest BCUT2D eigenvalue weighted by atomic mass is 16.6. The lowest BCUT2D eigenvalue weighted by molar-refractivity contribution is -0.167. The number of allylic oxidation sites excluding steroid dienone is 4. The largest absolute Gasteiger partial charge is 0.462 e. The maximum absolute atomic E-state index is 12.8. The first kappa shape index (κ1) is 56.9. The second-order valence-corrected chi connectivity index (χ2v) is 17.5. The first-order valence-corrected chi connectivity index (χ1v) is 25.9. The Labute approximate surface area is 366 Å². The molecular weight excluding hydrogens is 733 g/mol. The predicted octanol–water partition coefficient (Wildman–Crippen LogP) is 16.8. The quantitative estimate of drug-likeness (QED) is 0.0263. The molecule has 0 N–H and O–H groups in total. The van der Waals surface area contributed by atoms with Crippen molar-refractivity contribution in [3.8, 4) is 0 Å². The topological polar surface area (TPSA) is 78.9 Å². The van der Waals surface area contributed by atoms with Crippen molar-refractivity contribution in [1.82, 2.24) is 0 Å². The minimum atomic E-state index is -0.770. The van der Waals surface area contributed by atoms with E-state index in [1.807, 2.05) is 0 Å². The summed E-state index contributed by atoms with van der Waals surface area (Å²) in [7, 11) is 0. The van der Waals surface area contributed by atoms with Gasteiger partial charge < -0.3 is 14.2 Å². The first-order valence-electron chi connectivity index (χ1n) is 25.9. The van der Waals surface area contributed by atoms with Crippen LogP contribution in [0.3, 0.4) is 0 Å². The van der Waals surface area contributed by atoms with Gasteiger partial charge in [-0.2, -0.15) is 0 Å². The van der Waals surface area contributed by atoms with Crippen LogP contribution < -0.4 is 0 Å². The van der Waals surface area contributed by atoms with Crippen molar-refractivity contribution in [2.24, 2.45) is 0 Å². The molecule has 0 saturated heterocycles. The molecule has 0 spiro atoms. The highest BCUT2D eigenvalue weighted by Gasteiger charge is 2.19. The van der Waals surface area contributed by atoms with Crippen molar-refractivity contribution in [2.75, 3.05) is 13.2 Å². The predicted molar refractivity (Wildman–Crippen MR) is 252 cm³/mol. The van der Waals surface area contributed by atoms with E-state index < -0.39 is 6.10 Å². The van der Waals surface area contributed by atoms with Crippen LogP contribution in [0, 0.1) is 0 Å². The van der Waals surface area contributed by atoms with Crippen molar-refractivity contribution < 1.29 is 28.6 Å². The Bertz CT molecular complexity index is 958. The molecule has 0 saturated carbocycles. The molecule has 1 atom stereocenters. The Hall–Kier alpha value is -2.11. The summed E-state index contributed by atoms with van der Waals surface area (Å²) in [4.78, 5) is 37.8. The summed E-state index contributed by atoms with van der Waals surface area (Å²) in [6.07, 6.45) is 54.5. The van der Waals surface area contributed by atoms with Crippen LogP contribution in [0.25, 0.3) is 0 Å². The average Bonchev–Trinajstić information content (AvgIpc) is 3.23. The van der Waals surface area contributed by atoms with Gasteiger partial charge >= 0.3 is 17.9 Å². The van der Waals surface area contributed by atoms with Crippen molar-refractivity contribution in [3.05, 3.63) is 24.3 Å². The normalized spacial score (nSPS) is 12.1. The van der Waals surface area contributed by atoms with Crippen LogP contribution in [0.5, 0.6) is 0 Å². The van der Waals surface area contributed by atoms with E-state index in [9.17, 15) is 14.4 Å². The van der Waals surface area contributed by atoms with E-state index in [4.69, 9.17) is 14.2 Å². The smallest absolute Gasteiger partial charge is 0.306 e. The number of hydrogen-bond acceptors (Lipinski definition) is 6. The lowest BCUT2D eigenvalue weighted by Gasteiger charge is -2.18. The minimum absolute atomic E-state index is 0.0720. The van der Waals surface area contributed by atoms with Gasteiger partial charge in [0.25, 0.3) is 0 Å². The van der Waals surface area contributed by atoms with Gasteiger partial charge in [-0.1, -0.05) is 238 Å². The Morgan fingerprint density at radius 1 is 0.339 bits per heavy atom. The Morgan fingerprint density at radius 3 is 0.898 bits per heavy atom. The lowest BCUT2D eigenvalue weighted by atomic mass is 10.0. The lowest BCUT2D eigenvalue weighted by Crippen LogP contribution is -2.30. The number of esters is 3. The van der Waals surface area contributed by atoms with Crippen LogP contribution >= 0.6 is 0 Å². The molecule has 0 rings (SSSR count). The third-order valence-corrected chi connectivity index (χ3v) is 11.5. The third kappa shape index (κ3) is 46.8. The van der Waals surface area contributed by atoms with Crippen LogP contribution in [-0.4, -0.2) is 37.2 Å². The summed E-state index contributed by atoms with van der Waals surface area (Å²) in [5.41, 5.74) is 0. The fourth-order valence-electron chi connectivity index (χ4n) is 7.55. The van der Waals surface area contributed by atoms with E-state index >= 15 is 0 Å². The Morgan fingerprint density at radius 2 is 0.593 bits per heavy atom. The van der Waals surface area contributed by atoms with Crippen molar-refractivity contribution in [1.29, 1.82) is 0 Å². The molecule has 0 amide bonds. The number of carbonyl (C=O) groups is 3. The summed E-state index contributed by atoms with van der Waals surface area (Å²) in [5.74, 6) is -0.877. The number of rotatable bonds is 47. The van der Waals surface area contributed by atoms with Crippen LogP contribution in [0.15, 0.2) is 24.3 Å². The van der Waals surface area contributed by atoms with Gasteiger partial charge in [-0.25, -0.2) is 0 Å². The van der Waals surface area contributed by atoms with Crippen molar-refractivity contribution in [2.45, 2.75) is 284 Å². The van der Waals surface area contributed by atoms with E-state index in [0.29, 0.717) is 19.3 Å². The molecular formula is C53H98O6. The molecule has 0 aliphatic rings. The fraction of sp³-hybridized carbons (Fsp3) is 0.868.